The Morgan fingerprint density at radius 2 is 2.08 bits per heavy atom. The Bertz CT molecular complexity index is 927. The van der Waals surface area contributed by atoms with E-state index in [0.29, 0.717) is 29.9 Å². The van der Waals surface area contributed by atoms with Gasteiger partial charge in [-0.2, -0.15) is 0 Å². The van der Waals surface area contributed by atoms with E-state index in [1.165, 1.54) is 0 Å². The van der Waals surface area contributed by atoms with Crippen LogP contribution in [0.4, 0.5) is 14.5 Å². The minimum absolute atomic E-state index is 0.0501. The van der Waals surface area contributed by atoms with Gasteiger partial charge in [0.05, 0.1) is 29.7 Å². The van der Waals surface area contributed by atoms with Crippen molar-refractivity contribution >= 4 is 22.6 Å². The lowest BCUT2D eigenvalue weighted by Crippen LogP contribution is -2.30. The molecule has 0 bridgehead atoms. The number of fused-ring (bicyclic) bond motifs is 1. The normalized spacial score (nSPS) is 11.0. The van der Waals surface area contributed by atoms with Crippen molar-refractivity contribution in [3.8, 4) is 11.4 Å². The summed E-state index contributed by atoms with van der Waals surface area (Å²) in [5.41, 5.74) is 1.81. The quantitative estimate of drug-likeness (QED) is 0.566. The molecule has 1 aromatic heterocycles. The summed E-state index contributed by atoms with van der Waals surface area (Å²) in [6, 6.07) is 8.27. The summed E-state index contributed by atoms with van der Waals surface area (Å²) in [5.74, 6) is -1.09. The second-order valence-electron chi connectivity index (χ2n) is 5.66. The van der Waals surface area contributed by atoms with E-state index in [9.17, 15) is 13.6 Å². The number of aromatic amines is 1. The van der Waals surface area contributed by atoms with E-state index in [4.69, 9.17) is 4.74 Å². The van der Waals surface area contributed by atoms with Crippen molar-refractivity contribution in [2.45, 2.75) is 0 Å². The van der Waals surface area contributed by atoms with E-state index in [2.05, 4.69) is 20.6 Å². The summed E-state index contributed by atoms with van der Waals surface area (Å²) >= 11 is 0. The van der Waals surface area contributed by atoms with Crippen LogP contribution in [-0.4, -0.2) is 42.7 Å². The third-order valence-electron chi connectivity index (χ3n) is 3.72. The maximum Gasteiger partial charge on any atom is 0.238 e. The van der Waals surface area contributed by atoms with Crippen LogP contribution in [0.3, 0.4) is 0 Å². The molecule has 136 valence electrons. The number of nitrogens with one attached hydrogen (secondary N) is 3. The molecule has 6 nitrogen and oxygen atoms in total. The number of anilines is 1. The van der Waals surface area contributed by atoms with Crippen LogP contribution in [0.1, 0.15) is 0 Å². The van der Waals surface area contributed by atoms with E-state index in [-0.39, 0.29) is 23.8 Å². The molecule has 26 heavy (non-hydrogen) atoms. The average Bonchev–Trinajstić information content (AvgIpc) is 3.04. The SMILES string of the molecule is COCCNCC(=O)Nc1ccc2nc(-c3cc(F)ccc3F)[nH]c2c1. The minimum atomic E-state index is -0.568. The number of nitrogens with zero attached hydrogens (tertiary/aromatic N) is 1. The number of benzene rings is 2. The van der Waals surface area contributed by atoms with Gasteiger partial charge in [0, 0.05) is 19.3 Å². The Hall–Kier alpha value is -2.84. The molecule has 2 aromatic carbocycles. The summed E-state index contributed by atoms with van der Waals surface area (Å²) < 4.78 is 32.2. The molecule has 8 heteroatoms. The second kappa shape index (κ2) is 8.03. The van der Waals surface area contributed by atoms with Gasteiger partial charge in [-0.3, -0.25) is 4.79 Å². The second-order valence-corrected chi connectivity index (χ2v) is 5.66. The molecule has 3 rings (SSSR count). The molecule has 3 aromatic rings. The van der Waals surface area contributed by atoms with Gasteiger partial charge in [0.25, 0.3) is 0 Å². The monoisotopic (exact) mass is 360 g/mol. The van der Waals surface area contributed by atoms with E-state index in [1.54, 1.807) is 25.3 Å². The van der Waals surface area contributed by atoms with E-state index >= 15 is 0 Å². The Morgan fingerprint density at radius 3 is 2.88 bits per heavy atom. The Morgan fingerprint density at radius 1 is 1.23 bits per heavy atom. The summed E-state index contributed by atoms with van der Waals surface area (Å²) in [5, 5.41) is 5.70. The van der Waals surface area contributed by atoms with E-state index < -0.39 is 11.6 Å². The number of methoxy groups -OCH3 is 1. The highest BCUT2D eigenvalue weighted by Gasteiger charge is 2.12. The van der Waals surface area contributed by atoms with Crippen LogP contribution < -0.4 is 10.6 Å². The largest absolute Gasteiger partial charge is 0.383 e. The van der Waals surface area contributed by atoms with Gasteiger partial charge in [-0.15, -0.1) is 0 Å². The average molecular weight is 360 g/mol. The van der Waals surface area contributed by atoms with Crippen LogP contribution in [-0.2, 0) is 9.53 Å². The Kier molecular flexibility index (Phi) is 5.55. The van der Waals surface area contributed by atoms with Gasteiger partial charge in [-0.25, -0.2) is 13.8 Å². The fourth-order valence-corrected chi connectivity index (χ4v) is 2.48. The van der Waals surface area contributed by atoms with Gasteiger partial charge >= 0.3 is 0 Å². The van der Waals surface area contributed by atoms with Crippen molar-refractivity contribution < 1.29 is 18.3 Å². The predicted octanol–water partition coefficient (Wildman–Crippen LogP) is 2.68. The minimum Gasteiger partial charge on any atom is -0.383 e. The standard InChI is InChI=1S/C18H18F2N4O2/c1-26-7-6-21-10-17(25)22-12-3-5-15-16(9-12)24-18(23-15)13-8-11(19)2-4-14(13)20/h2-5,8-9,21H,6-7,10H2,1H3,(H,22,25)(H,23,24). The highest BCUT2D eigenvalue weighted by atomic mass is 19.1. The van der Waals surface area contributed by atoms with Crippen molar-refractivity contribution in [3.63, 3.8) is 0 Å². The third-order valence-corrected chi connectivity index (χ3v) is 3.72. The lowest BCUT2D eigenvalue weighted by atomic mass is 10.2. The molecule has 0 saturated heterocycles. The fraction of sp³-hybridized carbons (Fsp3) is 0.222. The van der Waals surface area contributed by atoms with Gasteiger partial charge in [-0.05, 0) is 36.4 Å². The number of hydrogen-bond donors (Lipinski definition) is 3. The topological polar surface area (TPSA) is 79.0 Å². The van der Waals surface area contributed by atoms with E-state index in [0.717, 1.165) is 18.2 Å². The molecule has 0 unspecified atom stereocenters. The van der Waals surface area contributed by atoms with Gasteiger partial charge in [-0.1, -0.05) is 0 Å². The highest BCUT2D eigenvalue weighted by molar-refractivity contribution is 5.94. The van der Waals surface area contributed by atoms with Crippen LogP contribution in [0.5, 0.6) is 0 Å². The first-order valence-electron chi connectivity index (χ1n) is 8.01. The molecule has 0 saturated carbocycles. The lowest BCUT2D eigenvalue weighted by molar-refractivity contribution is -0.115. The molecule has 1 heterocycles. The summed E-state index contributed by atoms with van der Waals surface area (Å²) in [7, 11) is 1.59. The van der Waals surface area contributed by atoms with E-state index in [1.807, 2.05) is 0 Å². The van der Waals surface area contributed by atoms with Crippen molar-refractivity contribution in [3.05, 3.63) is 48.0 Å². The van der Waals surface area contributed by atoms with Gasteiger partial charge in [0.2, 0.25) is 5.91 Å². The van der Waals surface area contributed by atoms with Gasteiger partial charge in [0.1, 0.15) is 17.5 Å². The lowest BCUT2D eigenvalue weighted by Gasteiger charge is -2.06. The molecule has 0 aliphatic rings. The van der Waals surface area contributed by atoms with Gasteiger partial charge in [0.15, 0.2) is 0 Å². The zero-order chi connectivity index (χ0) is 18.5. The molecule has 0 fully saturated rings. The van der Waals surface area contributed by atoms with Crippen LogP contribution in [0.15, 0.2) is 36.4 Å². The molecule has 1 amide bonds. The van der Waals surface area contributed by atoms with Crippen LogP contribution in [0.25, 0.3) is 22.4 Å². The maximum atomic E-state index is 13.9. The van der Waals surface area contributed by atoms with Gasteiger partial charge < -0.3 is 20.4 Å². The van der Waals surface area contributed by atoms with Crippen LogP contribution >= 0.6 is 0 Å². The first-order valence-corrected chi connectivity index (χ1v) is 8.01. The fourth-order valence-electron chi connectivity index (χ4n) is 2.48. The Balaban J connectivity index is 1.75. The maximum absolute atomic E-state index is 13.9. The molecule has 3 N–H and O–H groups in total. The highest BCUT2D eigenvalue weighted by Crippen LogP contribution is 2.25. The molecular formula is C18H18F2N4O2. The molecule has 0 aliphatic heterocycles. The van der Waals surface area contributed by atoms with Crippen molar-refractivity contribution in [1.29, 1.82) is 0 Å². The van der Waals surface area contributed by atoms with Crippen LogP contribution in [0, 0.1) is 11.6 Å². The number of carbonyl (C=O) groups is 1. The van der Waals surface area contributed by atoms with Crippen molar-refractivity contribution in [2.24, 2.45) is 0 Å². The summed E-state index contributed by atoms with van der Waals surface area (Å²) in [4.78, 5) is 19.1. The molecular weight excluding hydrogens is 342 g/mol. The number of imidazole rings is 1. The zero-order valence-electron chi connectivity index (χ0n) is 14.1. The molecule has 0 radical (unpaired) electrons. The van der Waals surface area contributed by atoms with Crippen LogP contribution in [0.2, 0.25) is 0 Å². The van der Waals surface area contributed by atoms with Crippen molar-refractivity contribution in [2.75, 3.05) is 32.1 Å². The smallest absolute Gasteiger partial charge is 0.238 e. The third kappa shape index (κ3) is 4.22. The Labute approximate surface area is 148 Å². The number of rotatable bonds is 7. The number of aromatic nitrogens is 2. The predicted molar refractivity (Wildman–Crippen MR) is 94.8 cm³/mol. The molecule has 0 spiro atoms. The van der Waals surface area contributed by atoms with Crippen molar-refractivity contribution in [1.82, 2.24) is 15.3 Å². The number of halogens is 2. The number of ether oxygens (including phenoxy) is 1. The number of amides is 1. The first-order chi connectivity index (χ1) is 12.6. The summed E-state index contributed by atoms with van der Waals surface area (Å²) in [6.45, 7) is 1.25. The number of carbonyl (C=O) groups excluding carboxylic acids is 1. The first kappa shape index (κ1) is 18.0. The number of H-pyrrole nitrogens is 1. The zero-order valence-corrected chi connectivity index (χ0v) is 14.1. The summed E-state index contributed by atoms with van der Waals surface area (Å²) in [6.07, 6.45) is 0. The number of hydrogen-bond acceptors (Lipinski definition) is 4. The molecule has 0 atom stereocenters. The molecule has 0 aliphatic carbocycles.